The van der Waals surface area contributed by atoms with Crippen LogP contribution in [0, 0.1) is 17.5 Å². The fourth-order valence-electron chi connectivity index (χ4n) is 3.37. The number of carboxylic acid groups (broad SMARTS) is 1. The van der Waals surface area contributed by atoms with E-state index in [0.29, 0.717) is 30.2 Å². The summed E-state index contributed by atoms with van der Waals surface area (Å²) in [5.74, 6) is -6.11. The Kier molecular flexibility index (Phi) is 7.80. The highest BCUT2D eigenvalue weighted by Gasteiger charge is 2.26. The number of nitrogens with one attached hydrogen (secondary N) is 2. The standard InChI is InChI=1S/C19H20ClF3N4O4S/c1-27-6-2-3-9(27)4-5-24-19(30)25-17-13(18(28)29)16(26-32-17)31-8-10-12(21)7-11(20)15(23)14(10)22/h7,9H,2-6,8H2,1H3,(H,28,29)(H2,24,25,30). The molecule has 13 heteroatoms. The number of hydrogen-bond acceptors (Lipinski definition) is 6. The van der Waals surface area contributed by atoms with Gasteiger partial charge in [-0.05, 0) is 50.5 Å². The molecule has 1 aromatic carbocycles. The minimum atomic E-state index is -1.55. The van der Waals surface area contributed by atoms with Gasteiger partial charge in [-0.2, -0.15) is 4.37 Å². The van der Waals surface area contributed by atoms with Crippen LogP contribution in [0.5, 0.6) is 5.88 Å². The normalized spacial score (nSPS) is 16.2. The number of ether oxygens (including phenoxy) is 1. The van der Waals surface area contributed by atoms with Gasteiger partial charge in [-0.25, -0.2) is 22.8 Å². The molecule has 0 radical (unpaired) electrons. The number of nitrogens with zero attached hydrogens (tertiary/aromatic N) is 2. The summed E-state index contributed by atoms with van der Waals surface area (Å²) in [6.07, 6.45) is 2.91. The molecular weight excluding hydrogens is 473 g/mol. The Balaban J connectivity index is 1.63. The number of amides is 2. The molecule has 8 nitrogen and oxygen atoms in total. The number of hydrogen-bond donors (Lipinski definition) is 3. The summed E-state index contributed by atoms with van der Waals surface area (Å²) in [6.45, 7) is 0.571. The maximum absolute atomic E-state index is 13.9. The van der Waals surface area contributed by atoms with E-state index < -0.39 is 58.1 Å². The lowest BCUT2D eigenvalue weighted by Crippen LogP contribution is -2.34. The van der Waals surface area contributed by atoms with Crippen molar-refractivity contribution >= 4 is 40.1 Å². The third kappa shape index (κ3) is 5.43. The molecule has 2 aromatic rings. The van der Waals surface area contributed by atoms with Crippen LogP contribution in [0.25, 0.3) is 0 Å². The summed E-state index contributed by atoms with van der Waals surface area (Å²) < 4.78 is 50.3. The molecule has 1 saturated heterocycles. The van der Waals surface area contributed by atoms with Crippen LogP contribution in [0.2, 0.25) is 5.02 Å². The molecule has 1 fully saturated rings. The lowest BCUT2D eigenvalue weighted by atomic mass is 10.1. The maximum Gasteiger partial charge on any atom is 0.344 e. The van der Waals surface area contributed by atoms with E-state index in [1.54, 1.807) is 0 Å². The molecule has 1 aliphatic heterocycles. The Morgan fingerprint density at radius 1 is 1.38 bits per heavy atom. The number of anilines is 1. The number of carbonyl (C=O) groups excluding carboxylic acids is 1. The number of benzene rings is 1. The molecule has 0 spiro atoms. The van der Waals surface area contributed by atoms with Crippen LogP contribution in [-0.2, 0) is 6.61 Å². The lowest BCUT2D eigenvalue weighted by molar-refractivity contribution is 0.0693. The quantitative estimate of drug-likeness (QED) is 0.379. The summed E-state index contributed by atoms with van der Waals surface area (Å²) >= 11 is 6.00. The molecule has 0 bridgehead atoms. The molecule has 174 valence electrons. The van der Waals surface area contributed by atoms with Crippen molar-refractivity contribution in [2.45, 2.75) is 31.9 Å². The van der Waals surface area contributed by atoms with Gasteiger partial charge in [0.25, 0.3) is 0 Å². The molecule has 2 heterocycles. The minimum absolute atomic E-state index is 0.119. The van der Waals surface area contributed by atoms with Crippen molar-refractivity contribution in [3.8, 4) is 5.88 Å². The topological polar surface area (TPSA) is 104 Å². The fourth-order valence-corrected chi connectivity index (χ4v) is 4.27. The predicted molar refractivity (Wildman–Crippen MR) is 112 cm³/mol. The van der Waals surface area contributed by atoms with Crippen molar-refractivity contribution < 1.29 is 32.6 Å². The van der Waals surface area contributed by atoms with E-state index in [1.807, 2.05) is 7.05 Å². The fraction of sp³-hybridized carbons (Fsp3) is 0.421. The number of aromatic nitrogens is 1. The van der Waals surface area contributed by atoms with E-state index in [9.17, 15) is 27.9 Å². The number of carboxylic acids is 1. The monoisotopic (exact) mass is 492 g/mol. The van der Waals surface area contributed by atoms with Crippen LogP contribution in [-0.4, -0.2) is 52.6 Å². The summed E-state index contributed by atoms with van der Waals surface area (Å²) in [5.41, 5.74) is -1.27. The first-order valence-electron chi connectivity index (χ1n) is 9.61. The van der Waals surface area contributed by atoms with Gasteiger partial charge in [-0.15, -0.1) is 0 Å². The van der Waals surface area contributed by atoms with E-state index in [0.717, 1.165) is 25.8 Å². The largest absolute Gasteiger partial charge is 0.477 e. The molecule has 2 amide bonds. The molecule has 1 atom stereocenters. The van der Waals surface area contributed by atoms with E-state index in [1.165, 1.54) is 0 Å². The van der Waals surface area contributed by atoms with E-state index in [-0.39, 0.29) is 5.00 Å². The Morgan fingerprint density at radius 2 is 2.12 bits per heavy atom. The van der Waals surface area contributed by atoms with E-state index in [4.69, 9.17) is 16.3 Å². The molecule has 1 aliphatic rings. The van der Waals surface area contributed by atoms with Crippen LogP contribution in [0.3, 0.4) is 0 Å². The summed E-state index contributed by atoms with van der Waals surface area (Å²) in [7, 11) is 2.02. The van der Waals surface area contributed by atoms with Gasteiger partial charge in [-0.3, -0.25) is 5.32 Å². The van der Waals surface area contributed by atoms with Crippen molar-refractivity contribution in [1.29, 1.82) is 0 Å². The van der Waals surface area contributed by atoms with Crippen molar-refractivity contribution in [2.75, 3.05) is 25.5 Å². The molecule has 1 unspecified atom stereocenters. The maximum atomic E-state index is 13.9. The van der Waals surface area contributed by atoms with Crippen LogP contribution >= 0.6 is 23.1 Å². The summed E-state index contributed by atoms with van der Waals surface area (Å²) in [6, 6.07) is 0.338. The van der Waals surface area contributed by atoms with Crippen LogP contribution in [0.15, 0.2) is 6.07 Å². The van der Waals surface area contributed by atoms with Crippen molar-refractivity contribution in [3.05, 3.63) is 39.7 Å². The number of carbonyl (C=O) groups is 2. The molecule has 1 aromatic heterocycles. The van der Waals surface area contributed by atoms with Crippen molar-refractivity contribution in [1.82, 2.24) is 14.6 Å². The lowest BCUT2D eigenvalue weighted by Gasteiger charge is -2.19. The zero-order valence-corrected chi connectivity index (χ0v) is 18.5. The second-order valence-electron chi connectivity index (χ2n) is 7.18. The van der Waals surface area contributed by atoms with E-state index in [2.05, 4.69) is 19.9 Å². The van der Waals surface area contributed by atoms with Gasteiger partial charge in [0.1, 0.15) is 17.4 Å². The first kappa shape index (κ1) is 24.1. The second-order valence-corrected chi connectivity index (χ2v) is 8.36. The highest BCUT2D eigenvalue weighted by molar-refractivity contribution is 7.11. The first-order valence-corrected chi connectivity index (χ1v) is 10.8. The smallest absolute Gasteiger partial charge is 0.344 e. The zero-order chi connectivity index (χ0) is 23.4. The van der Waals surface area contributed by atoms with Crippen LogP contribution in [0.1, 0.15) is 35.2 Å². The SMILES string of the molecule is CN1CCCC1CCNC(=O)Nc1snc(OCc2c(F)cc(Cl)c(F)c2F)c1C(=O)O. The molecule has 0 aliphatic carbocycles. The third-order valence-corrected chi connectivity index (χ3v) is 6.12. The number of likely N-dealkylation sites (tertiary alicyclic amines) is 1. The van der Waals surface area contributed by atoms with Gasteiger partial charge in [0.2, 0.25) is 5.88 Å². The average molecular weight is 493 g/mol. The molecule has 3 N–H and O–H groups in total. The number of aromatic carboxylic acids is 1. The van der Waals surface area contributed by atoms with Crippen molar-refractivity contribution in [2.24, 2.45) is 0 Å². The Bertz CT molecular complexity index is 1020. The Morgan fingerprint density at radius 3 is 2.78 bits per heavy atom. The minimum Gasteiger partial charge on any atom is -0.477 e. The second kappa shape index (κ2) is 10.4. The van der Waals surface area contributed by atoms with E-state index >= 15 is 0 Å². The van der Waals surface area contributed by atoms with Gasteiger partial charge in [0.05, 0.1) is 10.6 Å². The van der Waals surface area contributed by atoms with Crippen LogP contribution in [0.4, 0.5) is 23.0 Å². The van der Waals surface area contributed by atoms with Gasteiger partial charge < -0.3 is 20.1 Å². The number of halogens is 4. The van der Waals surface area contributed by atoms with Crippen LogP contribution < -0.4 is 15.4 Å². The number of rotatable bonds is 8. The zero-order valence-electron chi connectivity index (χ0n) is 16.9. The average Bonchev–Trinajstić information content (AvgIpc) is 3.32. The Labute approximate surface area is 190 Å². The first-order chi connectivity index (χ1) is 15.2. The van der Waals surface area contributed by atoms with Gasteiger partial charge in [0.15, 0.2) is 17.2 Å². The van der Waals surface area contributed by atoms with Crippen molar-refractivity contribution in [3.63, 3.8) is 0 Å². The highest BCUT2D eigenvalue weighted by atomic mass is 35.5. The highest BCUT2D eigenvalue weighted by Crippen LogP contribution is 2.32. The molecular formula is C19H20ClF3N4O4S. The third-order valence-electron chi connectivity index (χ3n) is 5.10. The Hall–Kier alpha value is -2.57. The molecule has 3 rings (SSSR count). The summed E-state index contributed by atoms with van der Waals surface area (Å²) in [5, 5.41) is 13.7. The van der Waals surface area contributed by atoms with Gasteiger partial charge >= 0.3 is 12.0 Å². The van der Waals surface area contributed by atoms with Gasteiger partial charge in [-0.1, -0.05) is 11.6 Å². The number of urea groups is 1. The predicted octanol–water partition coefficient (Wildman–Crippen LogP) is 4.10. The molecule has 0 saturated carbocycles. The summed E-state index contributed by atoms with van der Waals surface area (Å²) in [4.78, 5) is 26.0. The van der Waals surface area contributed by atoms with Gasteiger partial charge in [0, 0.05) is 12.6 Å². The molecule has 32 heavy (non-hydrogen) atoms.